The summed E-state index contributed by atoms with van der Waals surface area (Å²) in [7, 11) is 0. The molecule has 7 nitrogen and oxygen atoms in total. The van der Waals surface area contributed by atoms with Crippen molar-refractivity contribution in [2.75, 3.05) is 18.3 Å². The largest absolute Gasteiger partial charge is 0.502 e. The fraction of sp³-hybridized carbons (Fsp3) is 0.259. The van der Waals surface area contributed by atoms with Gasteiger partial charge < -0.3 is 14.7 Å². The molecule has 2 aromatic carbocycles. The Labute approximate surface area is 197 Å². The molecule has 3 heterocycles. The zero-order valence-corrected chi connectivity index (χ0v) is 18.6. The number of hydrogen-bond acceptors (Lipinski definition) is 5. The summed E-state index contributed by atoms with van der Waals surface area (Å²) in [4.78, 5) is 28.0. The molecule has 1 fully saturated rings. The normalized spacial score (nSPS) is 21.5. The van der Waals surface area contributed by atoms with E-state index in [0.717, 1.165) is 36.1 Å². The third kappa shape index (κ3) is 3.04. The summed E-state index contributed by atoms with van der Waals surface area (Å²) >= 11 is 0. The van der Waals surface area contributed by atoms with Gasteiger partial charge >= 0.3 is 0 Å². The Morgan fingerprint density at radius 3 is 2.50 bits per heavy atom. The smallest absolute Gasteiger partial charge is 0.278 e. The van der Waals surface area contributed by atoms with E-state index in [9.17, 15) is 14.7 Å². The standard InChI is InChI=1S/C27H25N3O4/c31-21-12-16-29-24(25(21)32)26(33)28-18-30(29)23(19-8-2-1-3-9-19)20-10-4-5-11-22(20)34-17-7-15-27(28)13-6-14-27/h1-5,7-12,15-16,23,32H,6,13-14,17-18H2/b15-7-/t23-/m1/s1. The van der Waals surface area contributed by atoms with E-state index in [1.165, 1.54) is 6.07 Å². The quantitative estimate of drug-likeness (QED) is 0.568. The number of fused-ring (bicyclic) bond motifs is 6. The van der Waals surface area contributed by atoms with E-state index in [0.29, 0.717) is 13.3 Å². The second-order valence-electron chi connectivity index (χ2n) is 9.06. The summed E-state index contributed by atoms with van der Waals surface area (Å²) < 4.78 is 7.85. The highest BCUT2D eigenvalue weighted by Gasteiger charge is 2.48. The second-order valence-corrected chi connectivity index (χ2v) is 9.06. The third-order valence-electron chi connectivity index (χ3n) is 7.21. The van der Waals surface area contributed by atoms with E-state index in [2.05, 4.69) is 6.08 Å². The maximum Gasteiger partial charge on any atom is 0.278 e. The number of aromatic nitrogens is 1. The number of hydrogen-bond donors (Lipinski definition) is 1. The molecule has 1 aromatic heterocycles. The van der Waals surface area contributed by atoms with Crippen LogP contribution in [0.15, 0.2) is 83.8 Å². The topological polar surface area (TPSA) is 75.0 Å². The van der Waals surface area contributed by atoms with Gasteiger partial charge in [0.15, 0.2) is 11.4 Å². The molecule has 3 aliphatic rings. The van der Waals surface area contributed by atoms with Crippen molar-refractivity contribution < 1.29 is 14.6 Å². The predicted octanol–water partition coefficient (Wildman–Crippen LogP) is 3.57. The second kappa shape index (κ2) is 7.80. The molecule has 2 bridgehead atoms. The van der Waals surface area contributed by atoms with Gasteiger partial charge in [0.2, 0.25) is 5.43 Å². The van der Waals surface area contributed by atoms with Crippen molar-refractivity contribution in [1.29, 1.82) is 0 Å². The zero-order chi connectivity index (χ0) is 23.3. The summed E-state index contributed by atoms with van der Waals surface area (Å²) in [6, 6.07) is 18.9. The molecule has 1 N–H and O–H groups in total. The van der Waals surface area contributed by atoms with Crippen LogP contribution in [0.25, 0.3) is 0 Å². The SMILES string of the molecule is O=C1c2c(O)c(=O)ccn2N2CN1C1(/C=C\COc3ccccc3[C@H]2c2ccccc2)CCC1. The number of nitrogens with zero attached hydrogens (tertiary/aromatic N) is 3. The lowest BCUT2D eigenvalue weighted by atomic mass is 9.74. The number of rotatable bonds is 1. The Bertz CT molecular complexity index is 1340. The first-order chi connectivity index (χ1) is 16.6. The Morgan fingerprint density at radius 1 is 0.971 bits per heavy atom. The molecule has 7 heteroatoms. The molecule has 1 aliphatic carbocycles. The molecule has 172 valence electrons. The van der Waals surface area contributed by atoms with E-state index in [1.807, 2.05) is 70.6 Å². The molecule has 6 rings (SSSR count). The molecule has 2 aliphatic heterocycles. The van der Waals surface area contributed by atoms with Crippen molar-refractivity contribution in [2.24, 2.45) is 0 Å². The van der Waals surface area contributed by atoms with Crippen molar-refractivity contribution in [3.8, 4) is 11.5 Å². The summed E-state index contributed by atoms with van der Waals surface area (Å²) in [5.74, 6) is -0.108. The molecule has 34 heavy (non-hydrogen) atoms. The van der Waals surface area contributed by atoms with Gasteiger partial charge in [0.05, 0.1) is 5.54 Å². The zero-order valence-electron chi connectivity index (χ0n) is 18.6. The Kier molecular flexibility index (Phi) is 4.72. The minimum Gasteiger partial charge on any atom is -0.502 e. The summed E-state index contributed by atoms with van der Waals surface area (Å²) in [5.41, 5.74) is 0.901. The Balaban J connectivity index is 1.65. The lowest BCUT2D eigenvalue weighted by Crippen LogP contribution is -2.64. The van der Waals surface area contributed by atoms with Gasteiger partial charge in [0.1, 0.15) is 25.1 Å². The number of carbonyl (C=O) groups excluding carboxylic acids is 1. The van der Waals surface area contributed by atoms with Crippen LogP contribution >= 0.6 is 0 Å². The first kappa shape index (κ1) is 20.6. The van der Waals surface area contributed by atoms with Crippen LogP contribution in [-0.2, 0) is 0 Å². The Morgan fingerprint density at radius 2 is 1.74 bits per heavy atom. The van der Waals surface area contributed by atoms with Gasteiger partial charge in [0.25, 0.3) is 5.91 Å². The first-order valence-electron chi connectivity index (χ1n) is 11.6. The summed E-state index contributed by atoms with van der Waals surface area (Å²) in [6.45, 7) is 0.685. The molecule has 0 radical (unpaired) electrons. The van der Waals surface area contributed by atoms with Crippen LogP contribution in [0, 0.1) is 0 Å². The minimum atomic E-state index is -0.566. The highest BCUT2D eigenvalue weighted by molar-refractivity contribution is 5.97. The van der Waals surface area contributed by atoms with Crippen LogP contribution in [0.4, 0.5) is 0 Å². The van der Waals surface area contributed by atoms with E-state index in [-0.39, 0.29) is 17.6 Å². The molecule has 1 amide bonds. The van der Waals surface area contributed by atoms with Crippen molar-refractivity contribution in [3.63, 3.8) is 0 Å². The number of ether oxygens (including phenoxy) is 1. The van der Waals surface area contributed by atoms with Crippen molar-refractivity contribution in [2.45, 2.75) is 30.8 Å². The maximum absolute atomic E-state index is 13.8. The number of carbonyl (C=O) groups is 1. The minimum absolute atomic E-state index is 0.00278. The molecule has 3 aromatic rings. The van der Waals surface area contributed by atoms with Gasteiger partial charge in [-0.1, -0.05) is 54.6 Å². The first-order valence-corrected chi connectivity index (χ1v) is 11.6. The average molecular weight is 456 g/mol. The van der Waals surface area contributed by atoms with E-state index < -0.39 is 16.7 Å². The highest BCUT2D eigenvalue weighted by atomic mass is 16.5. The lowest BCUT2D eigenvalue weighted by Gasteiger charge is -2.53. The van der Waals surface area contributed by atoms with Crippen molar-refractivity contribution in [1.82, 2.24) is 9.58 Å². The fourth-order valence-corrected chi connectivity index (χ4v) is 5.34. The third-order valence-corrected chi connectivity index (χ3v) is 7.21. The van der Waals surface area contributed by atoms with E-state index in [1.54, 1.807) is 10.9 Å². The molecule has 0 unspecified atom stereocenters. The molecule has 1 spiro atoms. The van der Waals surface area contributed by atoms with Crippen LogP contribution in [-0.4, -0.2) is 39.4 Å². The molecular formula is C27H25N3O4. The lowest BCUT2D eigenvalue weighted by molar-refractivity contribution is 0.0255. The van der Waals surface area contributed by atoms with Crippen LogP contribution < -0.4 is 15.2 Å². The highest BCUT2D eigenvalue weighted by Crippen LogP contribution is 2.44. The van der Waals surface area contributed by atoms with Gasteiger partial charge in [-0.05, 0) is 37.0 Å². The number of para-hydroxylation sites is 1. The van der Waals surface area contributed by atoms with Gasteiger partial charge in [-0.3, -0.25) is 19.3 Å². The van der Waals surface area contributed by atoms with Gasteiger partial charge in [-0.2, -0.15) is 0 Å². The van der Waals surface area contributed by atoms with Crippen molar-refractivity contribution in [3.05, 3.63) is 106 Å². The molecular weight excluding hydrogens is 430 g/mol. The summed E-state index contributed by atoms with van der Waals surface area (Å²) in [5, 5.41) is 12.8. The Hall–Kier alpha value is -4.00. The van der Waals surface area contributed by atoms with E-state index >= 15 is 0 Å². The fourth-order valence-electron chi connectivity index (χ4n) is 5.34. The number of benzene rings is 2. The number of amides is 1. The van der Waals surface area contributed by atoms with Crippen LogP contribution in [0.5, 0.6) is 11.5 Å². The number of aromatic hydroxyl groups is 1. The average Bonchev–Trinajstić information content (AvgIpc) is 2.85. The maximum atomic E-state index is 13.8. The molecule has 0 saturated heterocycles. The molecule has 1 saturated carbocycles. The van der Waals surface area contributed by atoms with Crippen molar-refractivity contribution >= 4 is 5.91 Å². The molecule has 1 atom stereocenters. The van der Waals surface area contributed by atoms with Gasteiger partial charge in [-0.25, -0.2) is 0 Å². The number of pyridine rings is 1. The van der Waals surface area contributed by atoms with Crippen LogP contribution in [0.3, 0.4) is 0 Å². The van der Waals surface area contributed by atoms with Crippen LogP contribution in [0.1, 0.15) is 46.9 Å². The van der Waals surface area contributed by atoms with Gasteiger partial charge in [-0.15, -0.1) is 0 Å². The predicted molar refractivity (Wildman–Crippen MR) is 128 cm³/mol. The monoisotopic (exact) mass is 455 g/mol. The van der Waals surface area contributed by atoms with Gasteiger partial charge in [0, 0.05) is 17.8 Å². The van der Waals surface area contributed by atoms with Crippen LogP contribution in [0.2, 0.25) is 0 Å². The summed E-state index contributed by atoms with van der Waals surface area (Å²) in [6.07, 6.45) is 8.27. The van der Waals surface area contributed by atoms with E-state index in [4.69, 9.17) is 4.74 Å².